The van der Waals surface area contributed by atoms with Gasteiger partial charge in [0.15, 0.2) is 0 Å². The molecule has 0 radical (unpaired) electrons. The van der Waals surface area contributed by atoms with E-state index in [0.29, 0.717) is 13.0 Å². The Balaban J connectivity index is 1.93. The number of rotatable bonds is 7. The van der Waals surface area contributed by atoms with Crippen molar-refractivity contribution in [3.05, 3.63) is 34.9 Å². The van der Waals surface area contributed by atoms with Crippen LogP contribution in [-0.2, 0) is 17.6 Å². The minimum Gasteiger partial charge on any atom is -0.375 e. The van der Waals surface area contributed by atoms with Gasteiger partial charge in [-0.15, -0.1) is 0 Å². The molecule has 0 aliphatic heterocycles. The van der Waals surface area contributed by atoms with E-state index < -0.39 is 13.0 Å². The maximum Gasteiger partial charge on any atom is 0.261 e. The van der Waals surface area contributed by atoms with Crippen LogP contribution in [-0.4, -0.2) is 26.7 Å². The van der Waals surface area contributed by atoms with Crippen LogP contribution in [0.25, 0.3) is 0 Å². The number of hydrogen-bond donors (Lipinski definition) is 1. The standard InChI is InChI=1S/C16H23F2NO/c1-19-15(8-9-20-11-16(17)18)14-7-6-12-4-2-3-5-13(12)10-14/h6-7,10,15-16,19H,2-5,8-9,11H2,1H3. The molecule has 1 aromatic carbocycles. The predicted octanol–water partition coefficient (Wildman–Crippen LogP) is 3.50. The minimum atomic E-state index is -2.38. The van der Waals surface area contributed by atoms with Crippen LogP contribution in [0.3, 0.4) is 0 Å². The van der Waals surface area contributed by atoms with Crippen molar-refractivity contribution in [2.24, 2.45) is 0 Å². The molecule has 0 spiro atoms. The monoisotopic (exact) mass is 283 g/mol. The minimum absolute atomic E-state index is 0.167. The summed E-state index contributed by atoms with van der Waals surface area (Å²) in [5.74, 6) is 0. The molecule has 112 valence electrons. The lowest BCUT2D eigenvalue weighted by molar-refractivity contribution is 0.0145. The van der Waals surface area contributed by atoms with E-state index in [2.05, 4.69) is 23.5 Å². The van der Waals surface area contributed by atoms with Gasteiger partial charge in [-0.25, -0.2) is 8.78 Å². The second-order valence-corrected chi connectivity index (χ2v) is 5.33. The van der Waals surface area contributed by atoms with E-state index in [0.717, 1.165) is 6.42 Å². The molecule has 1 aromatic rings. The normalized spacial score (nSPS) is 16.2. The maximum atomic E-state index is 12.0. The summed E-state index contributed by atoms with van der Waals surface area (Å²) < 4.78 is 29.0. The average molecular weight is 283 g/mol. The Hall–Kier alpha value is -1.00. The third kappa shape index (κ3) is 4.25. The van der Waals surface area contributed by atoms with Gasteiger partial charge in [0.25, 0.3) is 6.43 Å². The Morgan fingerprint density at radius 1 is 1.20 bits per heavy atom. The van der Waals surface area contributed by atoms with Crippen LogP contribution in [0.2, 0.25) is 0 Å². The van der Waals surface area contributed by atoms with Crippen molar-refractivity contribution in [2.45, 2.75) is 44.6 Å². The molecule has 1 atom stereocenters. The van der Waals surface area contributed by atoms with E-state index in [4.69, 9.17) is 4.74 Å². The molecule has 0 amide bonds. The summed E-state index contributed by atoms with van der Waals surface area (Å²) in [5.41, 5.74) is 4.14. The van der Waals surface area contributed by atoms with Crippen molar-refractivity contribution in [1.29, 1.82) is 0 Å². The van der Waals surface area contributed by atoms with Crippen molar-refractivity contribution in [1.82, 2.24) is 5.32 Å². The van der Waals surface area contributed by atoms with Crippen LogP contribution in [0.1, 0.15) is 42.0 Å². The fourth-order valence-electron chi connectivity index (χ4n) is 2.82. The molecule has 0 heterocycles. The first-order valence-electron chi connectivity index (χ1n) is 7.35. The smallest absolute Gasteiger partial charge is 0.261 e. The third-order valence-electron chi connectivity index (χ3n) is 3.92. The summed E-state index contributed by atoms with van der Waals surface area (Å²) in [7, 11) is 1.90. The zero-order chi connectivity index (χ0) is 14.4. The SMILES string of the molecule is CNC(CCOCC(F)F)c1ccc2c(c1)CCCC2. The Labute approximate surface area is 119 Å². The first-order chi connectivity index (χ1) is 9.70. The molecule has 20 heavy (non-hydrogen) atoms. The van der Waals surface area contributed by atoms with E-state index in [9.17, 15) is 8.78 Å². The molecule has 1 aliphatic rings. The lowest BCUT2D eigenvalue weighted by Gasteiger charge is -2.21. The molecule has 1 unspecified atom stereocenters. The molecule has 0 saturated carbocycles. The highest BCUT2D eigenvalue weighted by Crippen LogP contribution is 2.26. The van der Waals surface area contributed by atoms with Crippen LogP contribution in [0.5, 0.6) is 0 Å². The number of benzene rings is 1. The van der Waals surface area contributed by atoms with Gasteiger partial charge in [0.05, 0.1) is 0 Å². The van der Waals surface area contributed by atoms with Gasteiger partial charge in [0, 0.05) is 12.6 Å². The van der Waals surface area contributed by atoms with Crippen molar-refractivity contribution in [3.8, 4) is 0 Å². The van der Waals surface area contributed by atoms with E-state index in [1.807, 2.05) is 7.05 Å². The average Bonchev–Trinajstić information content (AvgIpc) is 2.46. The quantitative estimate of drug-likeness (QED) is 0.773. The van der Waals surface area contributed by atoms with Gasteiger partial charge in [-0.2, -0.15) is 0 Å². The number of hydrogen-bond acceptors (Lipinski definition) is 2. The zero-order valence-corrected chi connectivity index (χ0v) is 12.0. The fraction of sp³-hybridized carbons (Fsp3) is 0.625. The number of halogens is 2. The van der Waals surface area contributed by atoms with Crippen LogP contribution in [0, 0.1) is 0 Å². The maximum absolute atomic E-state index is 12.0. The van der Waals surface area contributed by atoms with Gasteiger partial charge in [0.2, 0.25) is 0 Å². The van der Waals surface area contributed by atoms with E-state index in [-0.39, 0.29) is 6.04 Å². The Kier molecular flexibility index (Phi) is 5.92. The highest BCUT2D eigenvalue weighted by molar-refractivity contribution is 5.35. The highest BCUT2D eigenvalue weighted by atomic mass is 19.3. The summed E-state index contributed by atoms with van der Waals surface area (Å²) in [4.78, 5) is 0. The number of alkyl halides is 2. The first-order valence-corrected chi connectivity index (χ1v) is 7.35. The van der Waals surface area contributed by atoms with E-state index in [1.54, 1.807) is 0 Å². The highest BCUT2D eigenvalue weighted by Gasteiger charge is 2.14. The van der Waals surface area contributed by atoms with Gasteiger partial charge < -0.3 is 10.1 Å². The predicted molar refractivity (Wildman–Crippen MR) is 76.3 cm³/mol. The molecule has 4 heteroatoms. The van der Waals surface area contributed by atoms with Crippen molar-refractivity contribution in [3.63, 3.8) is 0 Å². The van der Waals surface area contributed by atoms with Crippen molar-refractivity contribution >= 4 is 0 Å². The van der Waals surface area contributed by atoms with Crippen LogP contribution >= 0.6 is 0 Å². The van der Waals surface area contributed by atoms with Crippen LogP contribution < -0.4 is 5.32 Å². The fourth-order valence-corrected chi connectivity index (χ4v) is 2.82. The van der Waals surface area contributed by atoms with Gasteiger partial charge >= 0.3 is 0 Å². The van der Waals surface area contributed by atoms with Crippen molar-refractivity contribution < 1.29 is 13.5 Å². The molecule has 0 fully saturated rings. The van der Waals surface area contributed by atoms with Gasteiger partial charge in [-0.1, -0.05) is 18.2 Å². The molecule has 0 bridgehead atoms. The van der Waals surface area contributed by atoms with Gasteiger partial charge in [0.1, 0.15) is 6.61 Å². The number of aryl methyl sites for hydroxylation is 2. The molecule has 0 saturated heterocycles. The topological polar surface area (TPSA) is 21.3 Å². The second kappa shape index (κ2) is 7.70. The van der Waals surface area contributed by atoms with Crippen LogP contribution in [0.15, 0.2) is 18.2 Å². The molecular weight excluding hydrogens is 260 g/mol. The Morgan fingerprint density at radius 2 is 1.95 bits per heavy atom. The third-order valence-corrected chi connectivity index (χ3v) is 3.92. The van der Waals surface area contributed by atoms with Crippen LogP contribution in [0.4, 0.5) is 8.78 Å². The number of fused-ring (bicyclic) bond motifs is 1. The summed E-state index contributed by atoms with van der Waals surface area (Å²) >= 11 is 0. The van der Waals surface area contributed by atoms with Gasteiger partial charge in [-0.05, 0) is 55.8 Å². The van der Waals surface area contributed by atoms with E-state index in [1.165, 1.54) is 36.0 Å². The molecule has 1 N–H and O–H groups in total. The second-order valence-electron chi connectivity index (χ2n) is 5.33. The lowest BCUT2D eigenvalue weighted by Crippen LogP contribution is -2.19. The van der Waals surface area contributed by atoms with E-state index >= 15 is 0 Å². The summed E-state index contributed by atoms with van der Waals surface area (Å²) in [6, 6.07) is 6.80. The summed E-state index contributed by atoms with van der Waals surface area (Å²) in [6.07, 6.45) is 3.20. The lowest BCUT2D eigenvalue weighted by atomic mass is 9.89. The van der Waals surface area contributed by atoms with Gasteiger partial charge in [-0.3, -0.25) is 0 Å². The van der Waals surface area contributed by atoms with Crippen molar-refractivity contribution in [2.75, 3.05) is 20.3 Å². The molecular formula is C16H23F2NO. The largest absolute Gasteiger partial charge is 0.375 e. The zero-order valence-electron chi connectivity index (χ0n) is 12.0. The summed E-state index contributed by atoms with van der Waals surface area (Å²) in [5, 5.41) is 3.25. The first kappa shape index (κ1) is 15.4. The Morgan fingerprint density at radius 3 is 2.65 bits per heavy atom. The molecule has 2 nitrogen and oxygen atoms in total. The molecule has 2 rings (SSSR count). The number of ether oxygens (including phenoxy) is 1. The molecule has 0 aromatic heterocycles. The summed E-state index contributed by atoms with van der Waals surface area (Å²) in [6.45, 7) is -0.118. The number of nitrogens with one attached hydrogen (secondary N) is 1. The Bertz CT molecular complexity index is 423. The molecule has 1 aliphatic carbocycles.